The van der Waals surface area contributed by atoms with Crippen LogP contribution in [0.1, 0.15) is 46.0 Å². The van der Waals surface area contributed by atoms with Gasteiger partial charge in [0.1, 0.15) is 0 Å². The van der Waals surface area contributed by atoms with Crippen LogP contribution in [0, 0.1) is 5.92 Å². The minimum absolute atomic E-state index is 0. The van der Waals surface area contributed by atoms with E-state index in [-0.39, 0.29) is 12.4 Å². The number of hydrogen-bond donors (Lipinski definition) is 1. The van der Waals surface area contributed by atoms with Gasteiger partial charge in [-0.3, -0.25) is 4.79 Å². The first kappa shape index (κ1) is 16.7. The summed E-state index contributed by atoms with van der Waals surface area (Å²) in [5, 5.41) is 3.28. The molecular formula is C13H27ClN2O. The highest BCUT2D eigenvalue weighted by Gasteiger charge is 2.19. The Morgan fingerprint density at radius 1 is 1.29 bits per heavy atom. The summed E-state index contributed by atoms with van der Waals surface area (Å²) in [4.78, 5) is 14.0. The molecule has 1 aliphatic rings. The fourth-order valence-corrected chi connectivity index (χ4v) is 2.23. The van der Waals surface area contributed by atoms with E-state index in [9.17, 15) is 4.79 Å². The van der Waals surface area contributed by atoms with Crippen molar-refractivity contribution in [3.8, 4) is 0 Å². The summed E-state index contributed by atoms with van der Waals surface area (Å²) in [6.07, 6.45) is 5.60. The molecule has 1 amide bonds. The number of rotatable bonds is 6. The predicted octanol–water partition coefficient (Wildman–Crippen LogP) is 2.45. The third-order valence-electron chi connectivity index (χ3n) is 3.48. The molecule has 0 aliphatic carbocycles. The van der Waals surface area contributed by atoms with E-state index in [4.69, 9.17) is 0 Å². The fraction of sp³-hybridized carbons (Fsp3) is 0.923. The second-order valence-corrected chi connectivity index (χ2v) is 4.75. The first-order valence-electron chi connectivity index (χ1n) is 6.76. The molecule has 1 rings (SSSR count). The Morgan fingerprint density at radius 3 is 2.47 bits per heavy atom. The van der Waals surface area contributed by atoms with Crippen LogP contribution in [-0.4, -0.2) is 37.0 Å². The average Bonchev–Trinajstić information content (AvgIpc) is 2.35. The predicted molar refractivity (Wildman–Crippen MR) is 74.6 cm³/mol. The SMILES string of the molecule is CCCCC(CC)CC(=O)N1CCNCC1.Cl. The Bertz CT molecular complexity index is 206. The molecule has 1 N–H and O–H groups in total. The lowest BCUT2D eigenvalue weighted by atomic mass is 9.95. The summed E-state index contributed by atoms with van der Waals surface area (Å²) in [5.41, 5.74) is 0. The highest BCUT2D eigenvalue weighted by atomic mass is 35.5. The summed E-state index contributed by atoms with van der Waals surface area (Å²) >= 11 is 0. The Labute approximate surface area is 112 Å². The molecule has 0 aromatic heterocycles. The van der Waals surface area contributed by atoms with Gasteiger partial charge in [0, 0.05) is 32.6 Å². The van der Waals surface area contributed by atoms with E-state index in [1.165, 1.54) is 19.3 Å². The van der Waals surface area contributed by atoms with Crippen molar-refractivity contribution in [2.75, 3.05) is 26.2 Å². The van der Waals surface area contributed by atoms with Gasteiger partial charge in [0.05, 0.1) is 0 Å². The molecule has 4 heteroatoms. The van der Waals surface area contributed by atoms with Crippen LogP contribution >= 0.6 is 12.4 Å². The lowest BCUT2D eigenvalue weighted by molar-refractivity contribution is -0.132. The molecule has 0 spiro atoms. The van der Waals surface area contributed by atoms with E-state index in [1.54, 1.807) is 0 Å². The third kappa shape index (κ3) is 6.27. The molecule has 1 heterocycles. The topological polar surface area (TPSA) is 32.3 Å². The number of nitrogens with zero attached hydrogens (tertiary/aromatic N) is 1. The van der Waals surface area contributed by atoms with Crippen molar-refractivity contribution in [3.63, 3.8) is 0 Å². The molecule has 102 valence electrons. The first-order chi connectivity index (χ1) is 7.77. The smallest absolute Gasteiger partial charge is 0.222 e. The van der Waals surface area contributed by atoms with Crippen molar-refractivity contribution < 1.29 is 4.79 Å². The number of carbonyl (C=O) groups is 1. The van der Waals surface area contributed by atoms with Crippen LogP contribution in [0.3, 0.4) is 0 Å². The van der Waals surface area contributed by atoms with E-state index in [1.807, 2.05) is 4.90 Å². The number of amides is 1. The van der Waals surface area contributed by atoms with Gasteiger partial charge in [0.2, 0.25) is 5.91 Å². The summed E-state index contributed by atoms with van der Waals surface area (Å²) in [6.45, 7) is 8.11. The van der Waals surface area contributed by atoms with Crippen molar-refractivity contribution in [2.24, 2.45) is 5.92 Å². The van der Waals surface area contributed by atoms with Gasteiger partial charge in [-0.05, 0) is 12.3 Å². The lowest BCUT2D eigenvalue weighted by Gasteiger charge is -2.29. The largest absolute Gasteiger partial charge is 0.340 e. The molecule has 0 aromatic rings. The highest BCUT2D eigenvalue weighted by molar-refractivity contribution is 5.85. The maximum absolute atomic E-state index is 12.0. The number of piperazine rings is 1. The standard InChI is InChI=1S/C13H26N2O.ClH/c1-3-5-6-12(4-2)11-13(16)15-9-7-14-8-10-15;/h12,14H,3-11H2,1-2H3;1H. The van der Waals surface area contributed by atoms with Crippen LogP contribution in [0.2, 0.25) is 0 Å². The van der Waals surface area contributed by atoms with Gasteiger partial charge in [0.25, 0.3) is 0 Å². The number of carbonyl (C=O) groups excluding carboxylic acids is 1. The zero-order valence-electron chi connectivity index (χ0n) is 11.2. The molecule has 1 aliphatic heterocycles. The van der Waals surface area contributed by atoms with Crippen LogP contribution < -0.4 is 5.32 Å². The summed E-state index contributed by atoms with van der Waals surface area (Å²) in [5.74, 6) is 0.965. The molecule has 17 heavy (non-hydrogen) atoms. The maximum atomic E-state index is 12.0. The normalized spacial score (nSPS) is 17.4. The van der Waals surface area contributed by atoms with Gasteiger partial charge in [-0.1, -0.05) is 33.1 Å². The second-order valence-electron chi connectivity index (χ2n) is 4.75. The molecule has 1 unspecified atom stereocenters. The molecule has 0 bridgehead atoms. The van der Waals surface area contributed by atoms with Gasteiger partial charge in [-0.15, -0.1) is 12.4 Å². The van der Waals surface area contributed by atoms with Crippen molar-refractivity contribution in [3.05, 3.63) is 0 Å². The van der Waals surface area contributed by atoms with Crippen LogP contribution in [0.15, 0.2) is 0 Å². The molecule has 0 saturated carbocycles. The van der Waals surface area contributed by atoms with Gasteiger partial charge in [-0.2, -0.15) is 0 Å². The van der Waals surface area contributed by atoms with Gasteiger partial charge in [-0.25, -0.2) is 0 Å². The summed E-state index contributed by atoms with van der Waals surface area (Å²) in [7, 11) is 0. The molecule has 1 atom stereocenters. The zero-order chi connectivity index (χ0) is 11.8. The molecular weight excluding hydrogens is 236 g/mol. The molecule has 0 aromatic carbocycles. The summed E-state index contributed by atoms with van der Waals surface area (Å²) < 4.78 is 0. The van der Waals surface area contributed by atoms with Gasteiger partial charge < -0.3 is 10.2 Å². The molecule has 0 radical (unpaired) electrons. The van der Waals surface area contributed by atoms with Gasteiger partial charge in [0.15, 0.2) is 0 Å². The maximum Gasteiger partial charge on any atom is 0.222 e. The van der Waals surface area contributed by atoms with Crippen LogP contribution in [0.25, 0.3) is 0 Å². The van der Waals surface area contributed by atoms with Crippen molar-refractivity contribution in [2.45, 2.75) is 46.0 Å². The number of nitrogens with one attached hydrogen (secondary N) is 1. The van der Waals surface area contributed by atoms with Crippen molar-refractivity contribution >= 4 is 18.3 Å². The van der Waals surface area contributed by atoms with Crippen molar-refractivity contribution in [1.29, 1.82) is 0 Å². The summed E-state index contributed by atoms with van der Waals surface area (Å²) in [6, 6.07) is 0. The first-order valence-corrected chi connectivity index (χ1v) is 6.76. The minimum atomic E-state index is 0. The van der Waals surface area contributed by atoms with E-state index in [0.717, 1.165) is 39.0 Å². The monoisotopic (exact) mass is 262 g/mol. The third-order valence-corrected chi connectivity index (χ3v) is 3.48. The van der Waals surface area contributed by atoms with Crippen LogP contribution in [-0.2, 0) is 4.79 Å². The fourth-order valence-electron chi connectivity index (χ4n) is 2.23. The number of halogens is 1. The van der Waals surface area contributed by atoms with E-state index >= 15 is 0 Å². The Balaban J connectivity index is 0.00000256. The van der Waals surface area contributed by atoms with Crippen LogP contribution in [0.5, 0.6) is 0 Å². The van der Waals surface area contributed by atoms with E-state index < -0.39 is 0 Å². The second kappa shape index (κ2) is 9.72. The Hall–Kier alpha value is -0.280. The molecule has 1 fully saturated rings. The van der Waals surface area contributed by atoms with Crippen molar-refractivity contribution in [1.82, 2.24) is 10.2 Å². The quantitative estimate of drug-likeness (QED) is 0.798. The number of hydrogen-bond acceptors (Lipinski definition) is 2. The minimum Gasteiger partial charge on any atom is -0.340 e. The highest BCUT2D eigenvalue weighted by Crippen LogP contribution is 2.17. The average molecular weight is 263 g/mol. The Morgan fingerprint density at radius 2 is 1.94 bits per heavy atom. The van der Waals surface area contributed by atoms with E-state index in [0.29, 0.717) is 11.8 Å². The molecule has 1 saturated heterocycles. The van der Waals surface area contributed by atoms with Gasteiger partial charge >= 0.3 is 0 Å². The van der Waals surface area contributed by atoms with E-state index in [2.05, 4.69) is 19.2 Å². The van der Waals surface area contributed by atoms with Crippen LogP contribution in [0.4, 0.5) is 0 Å². The lowest BCUT2D eigenvalue weighted by Crippen LogP contribution is -2.46. The number of unbranched alkanes of at least 4 members (excludes halogenated alkanes) is 1. The molecule has 3 nitrogen and oxygen atoms in total. The Kier molecular flexibility index (Phi) is 9.56. The zero-order valence-corrected chi connectivity index (χ0v) is 12.0.